The number of anilines is 1. The third kappa shape index (κ3) is 1.67. The van der Waals surface area contributed by atoms with Gasteiger partial charge in [0, 0.05) is 17.0 Å². The van der Waals surface area contributed by atoms with Gasteiger partial charge in [0.2, 0.25) is 0 Å². The summed E-state index contributed by atoms with van der Waals surface area (Å²) in [6.45, 7) is 0. The molecular weight excluding hydrogens is 270 g/mol. The summed E-state index contributed by atoms with van der Waals surface area (Å²) in [6, 6.07) is 17.7. The first-order valence-electron chi connectivity index (χ1n) is 7.89. The van der Waals surface area contributed by atoms with E-state index in [1.54, 1.807) is 6.26 Å². The summed E-state index contributed by atoms with van der Waals surface area (Å²) in [7, 11) is 0. The molecule has 22 heavy (non-hydrogen) atoms. The third-order valence-corrected chi connectivity index (χ3v) is 5.11. The molecule has 108 valence electrons. The third-order valence-electron chi connectivity index (χ3n) is 5.11. The van der Waals surface area contributed by atoms with Crippen molar-refractivity contribution in [1.29, 1.82) is 0 Å². The molecule has 5 rings (SSSR count). The molecule has 0 amide bonds. The monoisotopic (exact) mass is 287 g/mol. The average Bonchev–Trinajstić information content (AvgIpc) is 3.22. The lowest BCUT2D eigenvalue weighted by Gasteiger charge is -2.37. The first kappa shape index (κ1) is 12.1. The van der Waals surface area contributed by atoms with Crippen molar-refractivity contribution >= 4 is 16.7 Å². The molecule has 0 saturated heterocycles. The Morgan fingerprint density at radius 2 is 2.00 bits per heavy atom. The molecule has 0 bridgehead atoms. The van der Waals surface area contributed by atoms with E-state index in [2.05, 4.69) is 59.9 Å². The van der Waals surface area contributed by atoms with Gasteiger partial charge in [-0.15, -0.1) is 0 Å². The first-order chi connectivity index (χ1) is 10.9. The van der Waals surface area contributed by atoms with Crippen molar-refractivity contribution < 1.29 is 4.42 Å². The Morgan fingerprint density at radius 3 is 3.00 bits per heavy atom. The lowest BCUT2D eigenvalue weighted by atomic mass is 9.77. The van der Waals surface area contributed by atoms with Crippen molar-refractivity contribution in [1.82, 2.24) is 0 Å². The van der Waals surface area contributed by atoms with E-state index in [4.69, 9.17) is 4.42 Å². The second-order valence-corrected chi connectivity index (χ2v) is 6.28. The summed E-state index contributed by atoms with van der Waals surface area (Å²) < 4.78 is 5.47. The maximum absolute atomic E-state index is 5.47. The van der Waals surface area contributed by atoms with E-state index < -0.39 is 0 Å². The predicted molar refractivity (Wildman–Crippen MR) is 89.0 cm³/mol. The molecule has 1 aliphatic heterocycles. The van der Waals surface area contributed by atoms with E-state index in [1.807, 2.05) is 6.07 Å². The molecule has 3 unspecified atom stereocenters. The van der Waals surface area contributed by atoms with E-state index in [9.17, 15) is 0 Å². The Bertz CT molecular complexity index is 876. The highest BCUT2D eigenvalue weighted by atomic mass is 16.3. The van der Waals surface area contributed by atoms with E-state index in [1.165, 1.54) is 22.2 Å². The number of rotatable bonds is 1. The lowest BCUT2D eigenvalue weighted by molar-refractivity contribution is 0.426. The molecular formula is C20H17NO. The maximum Gasteiger partial charge on any atom is 0.133 e. The van der Waals surface area contributed by atoms with Crippen LogP contribution in [0.3, 0.4) is 0 Å². The molecule has 2 nitrogen and oxygen atoms in total. The Balaban J connectivity index is 1.63. The van der Waals surface area contributed by atoms with Crippen LogP contribution in [0.1, 0.15) is 29.5 Å². The smallest absolute Gasteiger partial charge is 0.133 e. The van der Waals surface area contributed by atoms with Crippen molar-refractivity contribution in [3.63, 3.8) is 0 Å². The molecule has 2 aliphatic rings. The molecule has 3 atom stereocenters. The SMILES string of the molecule is C1=CC2c3ccccc3NC(c3ccc4occc4c3)C2C1. The zero-order valence-corrected chi connectivity index (χ0v) is 12.2. The molecule has 0 saturated carbocycles. The van der Waals surface area contributed by atoms with Crippen LogP contribution >= 0.6 is 0 Å². The van der Waals surface area contributed by atoms with Crippen molar-refractivity contribution in [2.24, 2.45) is 5.92 Å². The summed E-state index contributed by atoms with van der Waals surface area (Å²) in [5.74, 6) is 1.13. The lowest BCUT2D eigenvalue weighted by Crippen LogP contribution is -2.28. The van der Waals surface area contributed by atoms with Gasteiger partial charge in [0.1, 0.15) is 5.58 Å². The second-order valence-electron chi connectivity index (χ2n) is 6.28. The number of nitrogens with one attached hydrogen (secondary N) is 1. The van der Waals surface area contributed by atoms with Gasteiger partial charge >= 0.3 is 0 Å². The highest BCUT2D eigenvalue weighted by molar-refractivity contribution is 5.78. The number of para-hydroxylation sites is 1. The van der Waals surface area contributed by atoms with E-state index in [-0.39, 0.29) is 0 Å². The molecule has 0 radical (unpaired) electrons. The maximum atomic E-state index is 5.47. The standard InChI is InChI=1S/C20H17NO/c1-2-7-18-16(4-1)15-5-3-6-17(15)20(21-18)14-8-9-19-13(12-14)10-11-22-19/h1-5,7-12,15,17,20-21H,6H2. The van der Waals surface area contributed by atoms with Crippen LogP contribution in [-0.4, -0.2) is 0 Å². The van der Waals surface area contributed by atoms with Crippen LogP contribution < -0.4 is 5.32 Å². The first-order valence-corrected chi connectivity index (χ1v) is 7.89. The predicted octanol–water partition coefficient (Wildman–Crippen LogP) is 5.26. The average molecular weight is 287 g/mol. The van der Waals surface area contributed by atoms with Gasteiger partial charge in [0.15, 0.2) is 0 Å². The Kier molecular flexibility index (Phi) is 2.48. The van der Waals surface area contributed by atoms with Crippen molar-refractivity contribution in [2.45, 2.75) is 18.4 Å². The van der Waals surface area contributed by atoms with Gasteiger partial charge in [-0.25, -0.2) is 0 Å². The fourth-order valence-electron chi connectivity index (χ4n) is 4.05. The number of allylic oxidation sites excluding steroid dienone is 2. The van der Waals surface area contributed by atoms with Gasteiger partial charge in [-0.2, -0.15) is 0 Å². The molecule has 2 heterocycles. The minimum Gasteiger partial charge on any atom is -0.464 e. The topological polar surface area (TPSA) is 25.2 Å². The Hall–Kier alpha value is -2.48. The quantitative estimate of drug-likeness (QED) is 0.618. The van der Waals surface area contributed by atoms with E-state index in [0.29, 0.717) is 17.9 Å². The van der Waals surface area contributed by atoms with Crippen LogP contribution in [0, 0.1) is 5.92 Å². The van der Waals surface area contributed by atoms with Crippen molar-refractivity contribution in [3.8, 4) is 0 Å². The zero-order valence-electron chi connectivity index (χ0n) is 12.2. The van der Waals surface area contributed by atoms with Crippen LogP contribution in [0.4, 0.5) is 5.69 Å². The van der Waals surface area contributed by atoms with Crippen molar-refractivity contribution in [3.05, 3.63) is 78.1 Å². The van der Waals surface area contributed by atoms with E-state index >= 15 is 0 Å². The highest BCUT2D eigenvalue weighted by Crippen LogP contribution is 2.49. The largest absolute Gasteiger partial charge is 0.464 e. The van der Waals surface area contributed by atoms with Crippen LogP contribution in [0.15, 0.2) is 71.4 Å². The zero-order chi connectivity index (χ0) is 14.5. The number of hydrogen-bond donors (Lipinski definition) is 1. The van der Waals surface area contributed by atoms with Crippen LogP contribution in [0.2, 0.25) is 0 Å². The van der Waals surface area contributed by atoms with Gasteiger partial charge in [-0.3, -0.25) is 0 Å². The molecule has 1 aliphatic carbocycles. The summed E-state index contributed by atoms with van der Waals surface area (Å²) in [6.07, 6.45) is 7.62. The minimum atomic E-state index is 0.356. The molecule has 3 aromatic rings. The Morgan fingerprint density at radius 1 is 1.05 bits per heavy atom. The van der Waals surface area contributed by atoms with Gasteiger partial charge < -0.3 is 9.73 Å². The fourth-order valence-corrected chi connectivity index (χ4v) is 4.05. The molecule has 1 aromatic heterocycles. The molecule has 0 fully saturated rings. The molecule has 2 heteroatoms. The summed E-state index contributed by atoms with van der Waals surface area (Å²) in [5.41, 5.74) is 5.01. The van der Waals surface area contributed by atoms with Gasteiger partial charge in [-0.05, 0) is 47.7 Å². The van der Waals surface area contributed by atoms with Gasteiger partial charge in [0.05, 0.1) is 12.3 Å². The summed E-state index contributed by atoms with van der Waals surface area (Å²) >= 11 is 0. The number of hydrogen-bond acceptors (Lipinski definition) is 2. The molecule has 0 spiro atoms. The normalized spacial score (nSPS) is 25.7. The summed E-state index contributed by atoms with van der Waals surface area (Å²) in [4.78, 5) is 0. The molecule has 1 N–H and O–H groups in total. The molecule has 2 aromatic carbocycles. The highest BCUT2D eigenvalue weighted by Gasteiger charge is 2.37. The number of fused-ring (bicyclic) bond motifs is 4. The minimum absolute atomic E-state index is 0.356. The van der Waals surface area contributed by atoms with E-state index in [0.717, 1.165) is 12.0 Å². The fraction of sp³-hybridized carbons (Fsp3) is 0.200. The van der Waals surface area contributed by atoms with Crippen molar-refractivity contribution in [2.75, 3.05) is 5.32 Å². The van der Waals surface area contributed by atoms with Crippen LogP contribution in [0.5, 0.6) is 0 Å². The number of furan rings is 1. The Labute approximate surface area is 129 Å². The van der Waals surface area contributed by atoms with Gasteiger partial charge in [-0.1, -0.05) is 36.4 Å². The van der Waals surface area contributed by atoms with Gasteiger partial charge in [0.25, 0.3) is 0 Å². The van der Waals surface area contributed by atoms with Crippen LogP contribution in [0.25, 0.3) is 11.0 Å². The van der Waals surface area contributed by atoms with Crippen LogP contribution in [-0.2, 0) is 0 Å². The number of benzene rings is 2. The second kappa shape index (κ2) is 4.51. The summed E-state index contributed by atoms with van der Waals surface area (Å²) in [5, 5.41) is 4.95.